The van der Waals surface area contributed by atoms with Crippen molar-refractivity contribution in [3.8, 4) is 6.07 Å². The number of allylic oxidation sites excluding steroid dienone is 1. The molecule has 1 heterocycles. The highest BCUT2D eigenvalue weighted by Gasteiger charge is 2.06. The Morgan fingerprint density at radius 1 is 1.47 bits per heavy atom. The van der Waals surface area contributed by atoms with Crippen molar-refractivity contribution < 1.29 is 4.39 Å². The van der Waals surface area contributed by atoms with E-state index in [9.17, 15) is 4.39 Å². The highest BCUT2D eigenvalue weighted by molar-refractivity contribution is 5.74. The Labute approximate surface area is 95.8 Å². The van der Waals surface area contributed by atoms with Crippen molar-refractivity contribution in [3.63, 3.8) is 0 Å². The summed E-state index contributed by atoms with van der Waals surface area (Å²) < 4.78 is 13.3. The first-order valence-electron chi connectivity index (χ1n) is 4.66. The normalized spacial score (nSPS) is 10.9. The van der Waals surface area contributed by atoms with Gasteiger partial charge in [0.1, 0.15) is 17.5 Å². The van der Waals surface area contributed by atoms with Crippen molar-refractivity contribution in [1.29, 1.82) is 5.26 Å². The quantitative estimate of drug-likeness (QED) is 0.776. The molecule has 0 saturated heterocycles. The van der Waals surface area contributed by atoms with E-state index >= 15 is 0 Å². The zero-order chi connectivity index (χ0) is 12.1. The summed E-state index contributed by atoms with van der Waals surface area (Å²) >= 11 is 0. The summed E-state index contributed by atoms with van der Waals surface area (Å²) in [5.41, 5.74) is 0.422. The number of aromatic amines is 1. The first-order valence-corrected chi connectivity index (χ1v) is 4.66. The molecule has 0 unspecified atom stereocenters. The molecule has 17 heavy (non-hydrogen) atoms. The van der Waals surface area contributed by atoms with Crippen LogP contribution >= 0.6 is 0 Å². The second kappa shape index (κ2) is 4.85. The summed E-state index contributed by atoms with van der Waals surface area (Å²) in [6, 6.07) is 8.01. The van der Waals surface area contributed by atoms with Crippen molar-refractivity contribution in [2.45, 2.75) is 0 Å². The van der Waals surface area contributed by atoms with Crippen LogP contribution in [0.25, 0.3) is 5.57 Å². The lowest BCUT2D eigenvalue weighted by molar-refractivity contribution is 0.632. The topological polar surface area (TPSA) is 90.3 Å². The first-order chi connectivity index (χ1) is 8.31. The van der Waals surface area contributed by atoms with Crippen LogP contribution in [0.3, 0.4) is 0 Å². The van der Waals surface area contributed by atoms with Crippen molar-refractivity contribution >= 4 is 11.3 Å². The second-order valence-electron chi connectivity index (χ2n) is 3.03. The van der Waals surface area contributed by atoms with Crippen molar-refractivity contribution in [1.82, 2.24) is 20.6 Å². The average molecular weight is 230 g/mol. The molecule has 1 aromatic carbocycles. The number of nitrogens with zero attached hydrogens (tertiary/aromatic N) is 4. The fourth-order valence-corrected chi connectivity index (χ4v) is 1.15. The highest BCUT2D eigenvalue weighted by Crippen LogP contribution is 2.14. The Hall–Kier alpha value is -2.75. The van der Waals surface area contributed by atoms with Gasteiger partial charge in [0.25, 0.3) is 0 Å². The number of hydrogen-bond acceptors (Lipinski definition) is 5. The standard InChI is InChI=1S/C10H7FN6/c11-8-3-1-2-4-9(8)13-6-7(5-12)10-14-16-17-15-10/h1-4,6,13H,(H,14,15,16,17). The van der Waals surface area contributed by atoms with E-state index in [0.717, 1.165) is 0 Å². The number of halogens is 1. The van der Waals surface area contributed by atoms with Gasteiger partial charge in [-0.25, -0.2) is 4.39 Å². The van der Waals surface area contributed by atoms with Crippen LogP contribution in [0, 0.1) is 17.1 Å². The maximum absolute atomic E-state index is 13.3. The number of aromatic nitrogens is 4. The molecule has 84 valence electrons. The summed E-state index contributed by atoms with van der Waals surface area (Å²) in [6.45, 7) is 0. The largest absolute Gasteiger partial charge is 0.358 e. The zero-order valence-corrected chi connectivity index (χ0v) is 8.55. The van der Waals surface area contributed by atoms with E-state index in [4.69, 9.17) is 5.26 Å². The number of nitrogens with one attached hydrogen (secondary N) is 2. The summed E-state index contributed by atoms with van der Waals surface area (Å²) in [5, 5.41) is 24.4. The molecule has 7 heteroatoms. The third-order valence-electron chi connectivity index (χ3n) is 1.95. The fraction of sp³-hybridized carbons (Fsp3) is 0. The van der Waals surface area contributed by atoms with Crippen LogP contribution in [0.2, 0.25) is 0 Å². The van der Waals surface area contributed by atoms with Crippen molar-refractivity contribution in [2.75, 3.05) is 5.32 Å². The molecular formula is C10H7FN6. The van der Waals surface area contributed by atoms with Gasteiger partial charge in [-0.3, -0.25) is 0 Å². The number of nitriles is 1. The van der Waals surface area contributed by atoms with Gasteiger partial charge in [0.2, 0.25) is 5.82 Å². The summed E-state index contributed by atoms with van der Waals surface area (Å²) in [7, 11) is 0. The Morgan fingerprint density at radius 2 is 2.29 bits per heavy atom. The van der Waals surface area contributed by atoms with Gasteiger partial charge in [0.05, 0.1) is 5.69 Å². The van der Waals surface area contributed by atoms with E-state index in [-0.39, 0.29) is 17.1 Å². The van der Waals surface area contributed by atoms with Crippen LogP contribution in [0.5, 0.6) is 0 Å². The monoisotopic (exact) mass is 230 g/mol. The Bertz CT molecular complexity index is 569. The minimum atomic E-state index is -0.408. The predicted molar refractivity (Wildman–Crippen MR) is 57.8 cm³/mol. The molecule has 2 N–H and O–H groups in total. The van der Waals surface area contributed by atoms with Crippen LogP contribution in [-0.4, -0.2) is 20.6 Å². The number of hydrogen-bond donors (Lipinski definition) is 2. The lowest BCUT2D eigenvalue weighted by atomic mass is 10.3. The number of anilines is 1. The molecule has 0 aliphatic carbocycles. The predicted octanol–water partition coefficient (Wildman–Crippen LogP) is 1.32. The molecule has 0 spiro atoms. The maximum Gasteiger partial charge on any atom is 0.216 e. The van der Waals surface area contributed by atoms with Gasteiger partial charge in [-0.15, -0.1) is 10.2 Å². The molecule has 1 aromatic heterocycles. The molecule has 0 fully saturated rings. The van der Waals surface area contributed by atoms with Crippen LogP contribution < -0.4 is 5.32 Å². The number of benzene rings is 1. The highest BCUT2D eigenvalue weighted by atomic mass is 19.1. The summed E-state index contributed by atoms with van der Waals surface area (Å²) in [4.78, 5) is 0. The van der Waals surface area contributed by atoms with E-state index in [1.807, 2.05) is 6.07 Å². The van der Waals surface area contributed by atoms with Gasteiger partial charge in [0.15, 0.2) is 0 Å². The minimum absolute atomic E-state index is 0.149. The van der Waals surface area contributed by atoms with Crippen LogP contribution in [0.15, 0.2) is 30.5 Å². The third kappa shape index (κ3) is 2.43. The molecule has 2 rings (SSSR count). The molecule has 0 aliphatic heterocycles. The molecule has 0 saturated carbocycles. The van der Waals surface area contributed by atoms with E-state index in [2.05, 4.69) is 25.9 Å². The van der Waals surface area contributed by atoms with Gasteiger partial charge in [-0.1, -0.05) is 12.1 Å². The molecular weight excluding hydrogens is 223 g/mol. The lowest BCUT2D eigenvalue weighted by Crippen LogP contribution is -1.94. The number of tetrazole rings is 1. The smallest absolute Gasteiger partial charge is 0.216 e. The van der Waals surface area contributed by atoms with Crippen molar-refractivity contribution in [2.24, 2.45) is 0 Å². The maximum atomic E-state index is 13.3. The molecule has 0 radical (unpaired) electrons. The van der Waals surface area contributed by atoms with Crippen molar-refractivity contribution in [3.05, 3.63) is 42.1 Å². The first kappa shape index (κ1) is 10.8. The minimum Gasteiger partial charge on any atom is -0.358 e. The Kier molecular flexibility index (Phi) is 3.07. The number of rotatable bonds is 3. The molecule has 0 bridgehead atoms. The number of H-pyrrole nitrogens is 1. The summed E-state index contributed by atoms with van der Waals surface area (Å²) in [5.74, 6) is -0.259. The number of para-hydroxylation sites is 1. The molecule has 0 aliphatic rings. The average Bonchev–Trinajstić information content (AvgIpc) is 2.86. The molecule has 0 atom stereocenters. The Balaban J connectivity index is 2.21. The van der Waals surface area contributed by atoms with Gasteiger partial charge in [-0.05, 0) is 17.3 Å². The van der Waals surface area contributed by atoms with E-state index < -0.39 is 5.82 Å². The third-order valence-corrected chi connectivity index (χ3v) is 1.95. The van der Waals surface area contributed by atoms with Gasteiger partial charge in [-0.2, -0.15) is 10.5 Å². The Morgan fingerprint density at radius 3 is 2.94 bits per heavy atom. The SMILES string of the molecule is N#CC(=CNc1ccccc1F)c1nn[nH]n1. The zero-order valence-electron chi connectivity index (χ0n) is 8.55. The summed E-state index contributed by atoms with van der Waals surface area (Å²) in [6.07, 6.45) is 1.32. The van der Waals surface area contributed by atoms with Crippen LogP contribution in [0.1, 0.15) is 5.82 Å². The fourth-order valence-electron chi connectivity index (χ4n) is 1.15. The van der Waals surface area contributed by atoms with Gasteiger partial charge < -0.3 is 5.32 Å². The van der Waals surface area contributed by atoms with Gasteiger partial charge >= 0.3 is 0 Å². The van der Waals surface area contributed by atoms with E-state index in [1.54, 1.807) is 18.2 Å². The molecule has 2 aromatic rings. The van der Waals surface area contributed by atoms with E-state index in [1.165, 1.54) is 12.3 Å². The van der Waals surface area contributed by atoms with Crippen LogP contribution in [-0.2, 0) is 0 Å². The molecule has 0 amide bonds. The van der Waals surface area contributed by atoms with Gasteiger partial charge in [0, 0.05) is 6.20 Å². The lowest BCUT2D eigenvalue weighted by Gasteiger charge is -2.01. The second-order valence-corrected chi connectivity index (χ2v) is 3.03. The molecule has 6 nitrogen and oxygen atoms in total. The van der Waals surface area contributed by atoms with Crippen LogP contribution in [0.4, 0.5) is 10.1 Å². The van der Waals surface area contributed by atoms with E-state index in [0.29, 0.717) is 0 Å².